The van der Waals surface area contributed by atoms with Crippen LogP contribution in [0.4, 0.5) is 0 Å². The van der Waals surface area contributed by atoms with Gasteiger partial charge in [-0.1, -0.05) is 37.6 Å². The Labute approximate surface area is 100 Å². The van der Waals surface area contributed by atoms with Gasteiger partial charge in [0.2, 0.25) is 0 Å². The van der Waals surface area contributed by atoms with Crippen LogP contribution < -0.4 is 5.73 Å². The third-order valence-electron chi connectivity index (χ3n) is 3.05. The van der Waals surface area contributed by atoms with Crippen molar-refractivity contribution in [2.45, 2.75) is 53.5 Å². The number of benzene rings is 1. The number of hydrogen-bond acceptors (Lipinski definition) is 1. The van der Waals surface area contributed by atoms with Gasteiger partial charge in [0.1, 0.15) is 0 Å². The summed E-state index contributed by atoms with van der Waals surface area (Å²) in [6.07, 6.45) is 2.18. The summed E-state index contributed by atoms with van der Waals surface area (Å²) in [6, 6.07) is 6.97. The van der Waals surface area contributed by atoms with Crippen LogP contribution in [0.15, 0.2) is 18.2 Å². The van der Waals surface area contributed by atoms with Gasteiger partial charge in [0.05, 0.1) is 0 Å². The van der Waals surface area contributed by atoms with Crippen LogP contribution in [0.5, 0.6) is 0 Å². The predicted molar refractivity (Wildman–Crippen MR) is 71.7 cm³/mol. The Morgan fingerprint density at radius 2 is 1.88 bits per heavy atom. The SMILES string of the molecule is Cc1ccc(C)c(CC(C)(C)CC(C)N)c1. The van der Waals surface area contributed by atoms with Crippen molar-refractivity contribution in [3.63, 3.8) is 0 Å². The lowest BCUT2D eigenvalue weighted by atomic mass is 9.79. The van der Waals surface area contributed by atoms with E-state index in [1.54, 1.807) is 0 Å². The molecule has 0 spiro atoms. The van der Waals surface area contributed by atoms with Gasteiger partial charge in [0, 0.05) is 6.04 Å². The number of aryl methyl sites for hydroxylation is 2. The molecule has 0 amide bonds. The molecule has 0 fully saturated rings. The first-order chi connectivity index (χ1) is 7.30. The Morgan fingerprint density at radius 3 is 2.44 bits per heavy atom. The molecule has 0 radical (unpaired) electrons. The molecule has 0 bridgehead atoms. The largest absolute Gasteiger partial charge is 0.328 e. The number of rotatable bonds is 4. The maximum atomic E-state index is 5.90. The normalized spacial score (nSPS) is 13.9. The fourth-order valence-electron chi connectivity index (χ4n) is 2.45. The summed E-state index contributed by atoms with van der Waals surface area (Å²) in [4.78, 5) is 0. The van der Waals surface area contributed by atoms with E-state index in [0.29, 0.717) is 0 Å². The second kappa shape index (κ2) is 5.01. The molecule has 2 N–H and O–H groups in total. The van der Waals surface area contributed by atoms with Gasteiger partial charge in [-0.2, -0.15) is 0 Å². The average Bonchev–Trinajstić information content (AvgIpc) is 2.08. The van der Waals surface area contributed by atoms with E-state index >= 15 is 0 Å². The van der Waals surface area contributed by atoms with Crippen LogP contribution in [0.1, 0.15) is 43.9 Å². The Kier molecular flexibility index (Phi) is 4.15. The molecule has 0 aliphatic carbocycles. The molecule has 16 heavy (non-hydrogen) atoms. The maximum Gasteiger partial charge on any atom is 0.00156 e. The zero-order valence-electron chi connectivity index (χ0n) is 11.3. The van der Waals surface area contributed by atoms with E-state index in [1.165, 1.54) is 16.7 Å². The lowest BCUT2D eigenvalue weighted by Gasteiger charge is -2.27. The fraction of sp³-hybridized carbons (Fsp3) is 0.600. The zero-order valence-corrected chi connectivity index (χ0v) is 11.3. The van der Waals surface area contributed by atoms with Crippen LogP contribution >= 0.6 is 0 Å². The van der Waals surface area contributed by atoms with E-state index in [0.717, 1.165) is 12.8 Å². The lowest BCUT2D eigenvalue weighted by molar-refractivity contribution is 0.309. The molecule has 0 aliphatic rings. The van der Waals surface area contributed by atoms with Crippen LogP contribution in [0, 0.1) is 19.3 Å². The Bertz CT molecular complexity index is 350. The molecule has 0 saturated heterocycles. The highest BCUT2D eigenvalue weighted by Gasteiger charge is 2.20. The summed E-state index contributed by atoms with van der Waals surface area (Å²) in [5, 5.41) is 0. The second-order valence-electron chi connectivity index (χ2n) is 5.95. The van der Waals surface area contributed by atoms with Gasteiger partial charge in [0.15, 0.2) is 0 Å². The molecule has 1 aromatic carbocycles. The van der Waals surface area contributed by atoms with Crippen molar-refractivity contribution < 1.29 is 0 Å². The quantitative estimate of drug-likeness (QED) is 0.822. The summed E-state index contributed by atoms with van der Waals surface area (Å²) in [5.41, 5.74) is 10.4. The minimum atomic E-state index is 0.278. The molecule has 0 heterocycles. The Balaban J connectivity index is 2.82. The van der Waals surface area contributed by atoms with E-state index < -0.39 is 0 Å². The van der Waals surface area contributed by atoms with E-state index in [1.807, 2.05) is 0 Å². The molecule has 1 nitrogen and oxygen atoms in total. The highest BCUT2D eigenvalue weighted by Crippen LogP contribution is 2.28. The van der Waals surface area contributed by atoms with Crippen molar-refractivity contribution >= 4 is 0 Å². The van der Waals surface area contributed by atoms with Crippen molar-refractivity contribution in [2.75, 3.05) is 0 Å². The van der Waals surface area contributed by atoms with Gasteiger partial charge < -0.3 is 5.73 Å². The highest BCUT2D eigenvalue weighted by atomic mass is 14.6. The van der Waals surface area contributed by atoms with Crippen molar-refractivity contribution in [2.24, 2.45) is 11.1 Å². The van der Waals surface area contributed by atoms with Gasteiger partial charge in [-0.05, 0) is 50.2 Å². The average molecular weight is 219 g/mol. The van der Waals surface area contributed by atoms with Gasteiger partial charge >= 0.3 is 0 Å². The zero-order chi connectivity index (χ0) is 12.3. The van der Waals surface area contributed by atoms with E-state index in [2.05, 4.69) is 52.8 Å². The molecule has 0 aromatic heterocycles. The summed E-state index contributed by atoms with van der Waals surface area (Å²) in [5.74, 6) is 0. The predicted octanol–water partition coefficient (Wildman–Crippen LogP) is 3.61. The van der Waals surface area contributed by atoms with Crippen LogP contribution in [-0.4, -0.2) is 6.04 Å². The molecule has 1 unspecified atom stereocenters. The standard InChI is InChI=1S/C15H25N/c1-11-6-7-12(2)14(8-11)10-15(4,5)9-13(3)16/h6-8,13H,9-10,16H2,1-5H3. The first-order valence-electron chi connectivity index (χ1n) is 6.12. The molecular weight excluding hydrogens is 194 g/mol. The molecule has 1 rings (SSSR count). The smallest absolute Gasteiger partial charge is 0.00156 e. The van der Waals surface area contributed by atoms with Crippen molar-refractivity contribution in [1.82, 2.24) is 0 Å². The van der Waals surface area contributed by atoms with Crippen molar-refractivity contribution in [3.8, 4) is 0 Å². The Hall–Kier alpha value is -0.820. The van der Waals surface area contributed by atoms with Crippen LogP contribution in [0.3, 0.4) is 0 Å². The molecule has 1 heteroatoms. The molecular formula is C15H25N. The topological polar surface area (TPSA) is 26.0 Å². The molecule has 0 aliphatic heterocycles. The molecule has 1 atom stereocenters. The fourth-order valence-corrected chi connectivity index (χ4v) is 2.45. The van der Waals surface area contributed by atoms with Crippen LogP contribution in [0.25, 0.3) is 0 Å². The van der Waals surface area contributed by atoms with Crippen molar-refractivity contribution in [3.05, 3.63) is 34.9 Å². The van der Waals surface area contributed by atoms with Crippen molar-refractivity contribution in [1.29, 1.82) is 0 Å². The van der Waals surface area contributed by atoms with Gasteiger partial charge in [0.25, 0.3) is 0 Å². The Morgan fingerprint density at radius 1 is 1.25 bits per heavy atom. The lowest BCUT2D eigenvalue weighted by Crippen LogP contribution is -2.26. The monoisotopic (exact) mass is 219 g/mol. The second-order valence-corrected chi connectivity index (χ2v) is 5.95. The van der Waals surface area contributed by atoms with E-state index in [9.17, 15) is 0 Å². The number of hydrogen-bond donors (Lipinski definition) is 1. The minimum Gasteiger partial charge on any atom is -0.328 e. The van der Waals surface area contributed by atoms with Gasteiger partial charge in [-0.25, -0.2) is 0 Å². The summed E-state index contributed by atoms with van der Waals surface area (Å²) < 4.78 is 0. The molecule has 0 saturated carbocycles. The summed E-state index contributed by atoms with van der Waals surface area (Å²) in [7, 11) is 0. The third-order valence-corrected chi connectivity index (χ3v) is 3.05. The van der Waals surface area contributed by atoms with E-state index in [4.69, 9.17) is 5.73 Å². The first-order valence-corrected chi connectivity index (χ1v) is 6.12. The molecule has 90 valence electrons. The third kappa shape index (κ3) is 3.97. The summed E-state index contributed by atoms with van der Waals surface area (Å²) >= 11 is 0. The van der Waals surface area contributed by atoms with Crippen LogP contribution in [-0.2, 0) is 6.42 Å². The van der Waals surface area contributed by atoms with Gasteiger partial charge in [-0.15, -0.1) is 0 Å². The first kappa shape index (κ1) is 13.2. The molecule has 1 aromatic rings. The maximum absolute atomic E-state index is 5.90. The minimum absolute atomic E-state index is 0.278. The number of nitrogens with two attached hydrogens (primary N) is 1. The van der Waals surface area contributed by atoms with E-state index in [-0.39, 0.29) is 11.5 Å². The van der Waals surface area contributed by atoms with Crippen LogP contribution in [0.2, 0.25) is 0 Å². The summed E-state index contributed by atoms with van der Waals surface area (Å²) in [6.45, 7) is 11.0. The highest BCUT2D eigenvalue weighted by molar-refractivity contribution is 5.31. The van der Waals surface area contributed by atoms with Gasteiger partial charge in [-0.3, -0.25) is 0 Å².